The highest BCUT2D eigenvalue weighted by molar-refractivity contribution is 5.54. The van der Waals surface area contributed by atoms with Crippen molar-refractivity contribution in [2.75, 3.05) is 30.9 Å². The Balaban J connectivity index is 1.50. The maximum absolute atomic E-state index is 13.2. The molecule has 1 aromatic heterocycles. The van der Waals surface area contributed by atoms with E-state index in [9.17, 15) is 8.78 Å². The van der Waals surface area contributed by atoms with Crippen molar-refractivity contribution in [3.8, 4) is 11.5 Å². The van der Waals surface area contributed by atoms with Crippen molar-refractivity contribution in [2.24, 2.45) is 0 Å². The fraction of sp³-hybridized carbons (Fsp3) is 0.167. The zero-order valence-corrected chi connectivity index (χ0v) is 14.4. The maximum atomic E-state index is 13.2. The predicted octanol–water partition coefficient (Wildman–Crippen LogP) is 3.39. The standard InChI is InChI=1S/C18H17F2N5O2/c1-26-13-3-5-14(6-4-13)27-9-8-21-17-11-22-25-18(24-17)23-12-2-7-15(19)16(20)10-12/h2-7,10-11H,8-9H2,1H3,(H2,21,23,24,25). The SMILES string of the molecule is COc1ccc(OCCNc2cnnc(Nc3ccc(F)c(F)c3)n2)cc1. The van der Waals surface area contributed by atoms with Crippen LogP contribution in [0.3, 0.4) is 0 Å². The second kappa shape index (κ2) is 8.75. The monoisotopic (exact) mass is 373 g/mol. The van der Waals surface area contributed by atoms with Crippen LogP contribution in [-0.2, 0) is 0 Å². The van der Waals surface area contributed by atoms with Gasteiger partial charge in [-0.1, -0.05) is 0 Å². The van der Waals surface area contributed by atoms with Gasteiger partial charge in [0.25, 0.3) is 0 Å². The highest BCUT2D eigenvalue weighted by atomic mass is 19.2. The molecule has 0 saturated carbocycles. The molecule has 0 radical (unpaired) electrons. The quantitative estimate of drug-likeness (QED) is 0.586. The molecular weight excluding hydrogens is 356 g/mol. The van der Waals surface area contributed by atoms with Crippen LogP contribution < -0.4 is 20.1 Å². The van der Waals surface area contributed by atoms with Gasteiger partial charge in [-0.05, 0) is 36.4 Å². The first-order chi connectivity index (χ1) is 13.1. The first-order valence-electron chi connectivity index (χ1n) is 8.06. The number of ether oxygens (including phenoxy) is 2. The minimum Gasteiger partial charge on any atom is -0.497 e. The molecule has 0 aliphatic rings. The van der Waals surface area contributed by atoms with Gasteiger partial charge in [-0.2, -0.15) is 10.1 Å². The van der Waals surface area contributed by atoms with Crippen LogP contribution in [-0.4, -0.2) is 35.4 Å². The topological polar surface area (TPSA) is 81.2 Å². The number of hydrogen-bond donors (Lipinski definition) is 2. The van der Waals surface area contributed by atoms with E-state index in [2.05, 4.69) is 25.8 Å². The van der Waals surface area contributed by atoms with E-state index in [0.29, 0.717) is 24.7 Å². The van der Waals surface area contributed by atoms with Crippen LogP contribution in [0.15, 0.2) is 48.7 Å². The molecule has 0 atom stereocenters. The molecule has 3 rings (SSSR count). The lowest BCUT2D eigenvalue weighted by atomic mass is 10.3. The molecule has 2 aromatic carbocycles. The molecular formula is C18H17F2N5O2. The number of nitrogens with zero attached hydrogens (tertiary/aromatic N) is 3. The summed E-state index contributed by atoms with van der Waals surface area (Å²) in [4.78, 5) is 4.20. The van der Waals surface area contributed by atoms with Crippen LogP contribution in [0, 0.1) is 11.6 Å². The largest absolute Gasteiger partial charge is 0.497 e. The summed E-state index contributed by atoms with van der Waals surface area (Å²) < 4.78 is 36.9. The summed E-state index contributed by atoms with van der Waals surface area (Å²) in [5.74, 6) is 0.216. The summed E-state index contributed by atoms with van der Waals surface area (Å²) in [5.41, 5.74) is 0.315. The molecule has 27 heavy (non-hydrogen) atoms. The highest BCUT2D eigenvalue weighted by Crippen LogP contribution is 2.18. The Morgan fingerprint density at radius 2 is 1.78 bits per heavy atom. The molecule has 0 aliphatic heterocycles. The predicted molar refractivity (Wildman–Crippen MR) is 96.4 cm³/mol. The first-order valence-corrected chi connectivity index (χ1v) is 8.06. The number of benzene rings is 2. The Kier molecular flexibility index (Phi) is 5.93. The van der Waals surface area contributed by atoms with Crippen LogP contribution in [0.2, 0.25) is 0 Å². The molecule has 0 saturated heterocycles. The number of aromatic nitrogens is 3. The van der Waals surface area contributed by atoms with Crippen LogP contribution >= 0.6 is 0 Å². The van der Waals surface area contributed by atoms with E-state index < -0.39 is 11.6 Å². The Morgan fingerprint density at radius 3 is 2.52 bits per heavy atom. The van der Waals surface area contributed by atoms with E-state index in [0.717, 1.165) is 23.6 Å². The zero-order chi connectivity index (χ0) is 19.1. The second-order valence-corrected chi connectivity index (χ2v) is 5.37. The first kappa shape index (κ1) is 18.3. The zero-order valence-electron chi connectivity index (χ0n) is 14.4. The van der Waals surface area contributed by atoms with Gasteiger partial charge in [0.15, 0.2) is 17.5 Å². The van der Waals surface area contributed by atoms with Crippen molar-refractivity contribution in [1.82, 2.24) is 15.2 Å². The van der Waals surface area contributed by atoms with Crippen LogP contribution in [0.4, 0.5) is 26.2 Å². The van der Waals surface area contributed by atoms with E-state index in [1.807, 2.05) is 24.3 Å². The molecule has 2 N–H and O–H groups in total. The van der Waals surface area contributed by atoms with Gasteiger partial charge in [0.2, 0.25) is 5.95 Å². The van der Waals surface area contributed by atoms with Gasteiger partial charge in [-0.3, -0.25) is 0 Å². The summed E-state index contributed by atoms with van der Waals surface area (Å²) in [5, 5.41) is 13.4. The average Bonchev–Trinajstić information content (AvgIpc) is 2.69. The van der Waals surface area contributed by atoms with Gasteiger partial charge in [0, 0.05) is 11.8 Å². The van der Waals surface area contributed by atoms with Crippen molar-refractivity contribution in [2.45, 2.75) is 0 Å². The van der Waals surface area contributed by atoms with Crippen LogP contribution in [0.25, 0.3) is 0 Å². The third-order valence-corrected chi connectivity index (χ3v) is 3.47. The maximum Gasteiger partial charge on any atom is 0.249 e. The molecule has 0 unspecified atom stereocenters. The molecule has 140 valence electrons. The number of methoxy groups -OCH3 is 1. The molecule has 0 fully saturated rings. The lowest BCUT2D eigenvalue weighted by Crippen LogP contribution is -2.13. The van der Waals surface area contributed by atoms with E-state index >= 15 is 0 Å². The fourth-order valence-electron chi connectivity index (χ4n) is 2.16. The Bertz CT molecular complexity index is 893. The number of nitrogens with one attached hydrogen (secondary N) is 2. The number of anilines is 3. The van der Waals surface area contributed by atoms with Gasteiger partial charge in [-0.25, -0.2) is 8.78 Å². The highest BCUT2D eigenvalue weighted by Gasteiger charge is 2.05. The van der Waals surface area contributed by atoms with Gasteiger partial charge in [0.05, 0.1) is 19.9 Å². The third-order valence-electron chi connectivity index (χ3n) is 3.47. The van der Waals surface area contributed by atoms with E-state index in [1.165, 1.54) is 12.3 Å². The van der Waals surface area contributed by atoms with Gasteiger partial charge >= 0.3 is 0 Å². The van der Waals surface area contributed by atoms with Crippen molar-refractivity contribution in [1.29, 1.82) is 0 Å². The van der Waals surface area contributed by atoms with Gasteiger partial charge in [0.1, 0.15) is 18.1 Å². The van der Waals surface area contributed by atoms with E-state index in [-0.39, 0.29) is 5.95 Å². The molecule has 1 heterocycles. The third kappa shape index (κ3) is 5.24. The molecule has 0 aliphatic carbocycles. The molecule has 0 spiro atoms. The number of rotatable bonds is 8. The van der Waals surface area contributed by atoms with Crippen molar-refractivity contribution in [3.63, 3.8) is 0 Å². The van der Waals surface area contributed by atoms with Crippen LogP contribution in [0.5, 0.6) is 11.5 Å². The minimum atomic E-state index is -0.960. The normalized spacial score (nSPS) is 10.3. The summed E-state index contributed by atoms with van der Waals surface area (Å²) >= 11 is 0. The summed E-state index contributed by atoms with van der Waals surface area (Å²) in [6, 6.07) is 10.7. The smallest absolute Gasteiger partial charge is 0.249 e. The molecule has 0 amide bonds. The lowest BCUT2D eigenvalue weighted by molar-refractivity contribution is 0.331. The van der Waals surface area contributed by atoms with Crippen molar-refractivity contribution in [3.05, 3.63) is 60.3 Å². The van der Waals surface area contributed by atoms with E-state index in [1.54, 1.807) is 7.11 Å². The van der Waals surface area contributed by atoms with E-state index in [4.69, 9.17) is 9.47 Å². The second-order valence-electron chi connectivity index (χ2n) is 5.37. The van der Waals surface area contributed by atoms with Crippen LogP contribution in [0.1, 0.15) is 0 Å². The Morgan fingerprint density at radius 1 is 1.00 bits per heavy atom. The Hall–Kier alpha value is -3.49. The molecule has 3 aromatic rings. The summed E-state index contributed by atoms with van der Waals surface area (Å²) in [7, 11) is 1.60. The van der Waals surface area contributed by atoms with Crippen molar-refractivity contribution < 1.29 is 18.3 Å². The summed E-state index contributed by atoms with van der Waals surface area (Å²) in [6.45, 7) is 0.887. The lowest BCUT2D eigenvalue weighted by Gasteiger charge is -2.09. The van der Waals surface area contributed by atoms with Crippen molar-refractivity contribution >= 4 is 17.5 Å². The number of hydrogen-bond acceptors (Lipinski definition) is 7. The Labute approximate surface area is 154 Å². The number of halogens is 2. The molecule has 9 heteroatoms. The average molecular weight is 373 g/mol. The van der Waals surface area contributed by atoms with Gasteiger partial charge in [-0.15, -0.1) is 5.10 Å². The fourth-order valence-corrected chi connectivity index (χ4v) is 2.16. The molecule has 7 nitrogen and oxygen atoms in total. The summed E-state index contributed by atoms with van der Waals surface area (Å²) in [6.07, 6.45) is 1.45. The van der Waals surface area contributed by atoms with Gasteiger partial charge < -0.3 is 20.1 Å². The molecule has 0 bridgehead atoms. The minimum absolute atomic E-state index is 0.155.